The molecule has 0 aromatic heterocycles. The van der Waals surface area contributed by atoms with E-state index in [0.717, 1.165) is 11.3 Å². The summed E-state index contributed by atoms with van der Waals surface area (Å²) in [4.78, 5) is 2.27. The van der Waals surface area contributed by atoms with Gasteiger partial charge in [-0.25, -0.2) is 0 Å². The molecule has 0 aliphatic carbocycles. The number of benzene rings is 1. The molecule has 1 unspecified atom stereocenters. The molecular formula is C16H28ClNO2. The smallest absolute Gasteiger partial charge is 0.122 e. The molecule has 0 bridgehead atoms. The van der Waals surface area contributed by atoms with Gasteiger partial charge in [-0.1, -0.05) is 18.2 Å². The molecule has 0 heterocycles. The topological polar surface area (TPSA) is 32.7 Å². The van der Waals surface area contributed by atoms with Crippen molar-refractivity contribution in [3.8, 4) is 5.75 Å². The van der Waals surface area contributed by atoms with Crippen molar-refractivity contribution in [2.75, 3.05) is 13.2 Å². The summed E-state index contributed by atoms with van der Waals surface area (Å²) in [6.45, 7) is 11.6. The minimum Gasteiger partial charge on any atom is -0.491 e. The Kier molecular flexibility index (Phi) is 8.86. The predicted octanol–water partition coefficient (Wildman–Crippen LogP) is 3.28. The predicted molar refractivity (Wildman–Crippen MR) is 86.9 cm³/mol. The lowest BCUT2D eigenvalue weighted by Crippen LogP contribution is -2.43. The number of aliphatic hydroxyl groups is 1. The van der Waals surface area contributed by atoms with Crippen molar-refractivity contribution in [3.05, 3.63) is 29.8 Å². The zero-order chi connectivity index (χ0) is 14.4. The lowest BCUT2D eigenvalue weighted by Gasteiger charge is -2.32. The quantitative estimate of drug-likeness (QED) is 0.839. The van der Waals surface area contributed by atoms with Crippen LogP contribution in [0.3, 0.4) is 0 Å². The number of ether oxygens (including phenoxy) is 1. The van der Waals surface area contributed by atoms with Crippen LogP contribution >= 0.6 is 12.4 Å². The molecule has 0 fully saturated rings. The molecule has 1 aromatic rings. The number of para-hydroxylation sites is 1. The second-order valence-corrected chi connectivity index (χ2v) is 5.61. The highest BCUT2D eigenvalue weighted by Gasteiger charge is 2.18. The van der Waals surface area contributed by atoms with Crippen molar-refractivity contribution in [2.45, 2.75) is 52.8 Å². The Hall–Kier alpha value is -0.770. The van der Waals surface area contributed by atoms with Crippen molar-refractivity contribution >= 4 is 12.4 Å². The van der Waals surface area contributed by atoms with Gasteiger partial charge in [0.25, 0.3) is 0 Å². The van der Waals surface area contributed by atoms with E-state index in [1.165, 1.54) is 0 Å². The van der Waals surface area contributed by atoms with Crippen LogP contribution in [0.1, 0.15) is 33.3 Å². The molecule has 20 heavy (non-hydrogen) atoms. The van der Waals surface area contributed by atoms with Crippen LogP contribution in [0.5, 0.6) is 5.75 Å². The van der Waals surface area contributed by atoms with Gasteiger partial charge in [0.05, 0.1) is 0 Å². The van der Waals surface area contributed by atoms with Gasteiger partial charge in [-0.2, -0.15) is 0 Å². The summed E-state index contributed by atoms with van der Waals surface area (Å²) in [7, 11) is 0. The largest absolute Gasteiger partial charge is 0.491 e. The summed E-state index contributed by atoms with van der Waals surface area (Å²) >= 11 is 0. The average Bonchev–Trinajstić information content (AvgIpc) is 2.34. The van der Waals surface area contributed by atoms with Crippen LogP contribution < -0.4 is 4.74 Å². The fraction of sp³-hybridized carbons (Fsp3) is 0.625. The number of hydrogen-bond donors (Lipinski definition) is 1. The molecule has 1 N–H and O–H groups in total. The van der Waals surface area contributed by atoms with Gasteiger partial charge in [-0.05, 0) is 46.2 Å². The van der Waals surface area contributed by atoms with Gasteiger partial charge in [0.2, 0.25) is 0 Å². The Morgan fingerprint density at radius 1 is 1.10 bits per heavy atom. The molecule has 4 heteroatoms. The summed E-state index contributed by atoms with van der Waals surface area (Å²) < 4.78 is 5.68. The van der Waals surface area contributed by atoms with Crippen LogP contribution in [0.25, 0.3) is 0 Å². The highest BCUT2D eigenvalue weighted by Crippen LogP contribution is 2.16. The molecule has 116 valence electrons. The van der Waals surface area contributed by atoms with Crippen molar-refractivity contribution in [1.29, 1.82) is 0 Å². The molecule has 0 aliphatic heterocycles. The van der Waals surface area contributed by atoms with Crippen LogP contribution in [-0.2, 0) is 0 Å². The van der Waals surface area contributed by atoms with E-state index in [-0.39, 0.29) is 12.4 Å². The Morgan fingerprint density at radius 3 is 2.15 bits per heavy atom. The molecule has 0 spiro atoms. The van der Waals surface area contributed by atoms with Crippen LogP contribution in [0, 0.1) is 6.92 Å². The summed E-state index contributed by atoms with van der Waals surface area (Å²) in [5.74, 6) is 0.849. The normalized spacial score (nSPS) is 12.7. The molecule has 1 aromatic carbocycles. The number of aryl methyl sites for hydroxylation is 1. The number of aliphatic hydroxyl groups excluding tert-OH is 1. The molecule has 0 aliphatic rings. The van der Waals surface area contributed by atoms with E-state index < -0.39 is 6.10 Å². The monoisotopic (exact) mass is 301 g/mol. The van der Waals surface area contributed by atoms with Crippen molar-refractivity contribution in [1.82, 2.24) is 4.90 Å². The van der Waals surface area contributed by atoms with Gasteiger partial charge >= 0.3 is 0 Å². The average molecular weight is 302 g/mol. The Labute approximate surface area is 129 Å². The molecule has 0 amide bonds. The highest BCUT2D eigenvalue weighted by atomic mass is 35.5. The molecule has 0 radical (unpaired) electrons. The summed E-state index contributed by atoms with van der Waals surface area (Å²) in [5.41, 5.74) is 1.10. The zero-order valence-electron chi connectivity index (χ0n) is 13.2. The molecule has 1 atom stereocenters. The van der Waals surface area contributed by atoms with E-state index in [9.17, 15) is 5.11 Å². The van der Waals surface area contributed by atoms with Crippen LogP contribution in [0.15, 0.2) is 24.3 Å². The fourth-order valence-electron chi connectivity index (χ4n) is 2.22. The molecule has 3 nitrogen and oxygen atoms in total. The third-order valence-electron chi connectivity index (χ3n) is 3.27. The minimum absolute atomic E-state index is 0. The van der Waals surface area contributed by atoms with Crippen LogP contribution in [0.4, 0.5) is 0 Å². The summed E-state index contributed by atoms with van der Waals surface area (Å²) in [6, 6.07) is 8.73. The fourth-order valence-corrected chi connectivity index (χ4v) is 2.22. The number of hydrogen-bond acceptors (Lipinski definition) is 3. The van der Waals surface area contributed by atoms with E-state index in [1.54, 1.807) is 0 Å². The Balaban J connectivity index is 0.00000361. The lowest BCUT2D eigenvalue weighted by molar-refractivity contribution is 0.0444. The van der Waals surface area contributed by atoms with Crippen molar-refractivity contribution in [2.24, 2.45) is 0 Å². The standard InChI is InChI=1S/C16H27NO2.ClH/c1-12(2)17(13(3)4)10-15(18)11-19-16-9-7-6-8-14(16)5;/h6-9,12-13,15,18H,10-11H2,1-5H3;1H. The maximum atomic E-state index is 10.1. The summed E-state index contributed by atoms with van der Waals surface area (Å²) in [6.07, 6.45) is -0.468. The van der Waals surface area contributed by atoms with E-state index in [4.69, 9.17) is 4.74 Å². The highest BCUT2D eigenvalue weighted by molar-refractivity contribution is 5.85. The Bertz CT molecular complexity index is 374. The molecule has 0 saturated carbocycles. The first-order valence-electron chi connectivity index (χ1n) is 7.04. The van der Waals surface area contributed by atoms with Gasteiger partial charge < -0.3 is 9.84 Å². The van der Waals surface area contributed by atoms with E-state index in [2.05, 4.69) is 32.6 Å². The molecule has 0 saturated heterocycles. The SMILES string of the molecule is Cc1ccccc1OCC(O)CN(C(C)C)C(C)C.Cl. The third-order valence-corrected chi connectivity index (χ3v) is 3.27. The van der Waals surface area contributed by atoms with E-state index in [1.807, 2.05) is 31.2 Å². The van der Waals surface area contributed by atoms with Gasteiger partial charge in [0.15, 0.2) is 0 Å². The van der Waals surface area contributed by atoms with Crippen molar-refractivity contribution in [3.63, 3.8) is 0 Å². The lowest BCUT2D eigenvalue weighted by atomic mass is 10.2. The molecular weight excluding hydrogens is 274 g/mol. The van der Waals surface area contributed by atoms with Gasteiger partial charge in [0, 0.05) is 18.6 Å². The molecule has 1 rings (SSSR count). The van der Waals surface area contributed by atoms with Gasteiger partial charge in [-0.15, -0.1) is 12.4 Å². The maximum Gasteiger partial charge on any atom is 0.122 e. The van der Waals surface area contributed by atoms with E-state index >= 15 is 0 Å². The number of halogens is 1. The van der Waals surface area contributed by atoms with E-state index in [0.29, 0.717) is 25.2 Å². The second-order valence-electron chi connectivity index (χ2n) is 5.61. The minimum atomic E-state index is -0.468. The first-order chi connectivity index (χ1) is 8.91. The van der Waals surface area contributed by atoms with Crippen LogP contribution in [0.2, 0.25) is 0 Å². The third kappa shape index (κ3) is 6.12. The first-order valence-corrected chi connectivity index (χ1v) is 7.04. The number of rotatable bonds is 7. The Morgan fingerprint density at radius 2 is 1.65 bits per heavy atom. The first kappa shape index (κ1) is 19.2. The second kappa shape index (κ2) is 9.22. The number of nitrogens with zero attached hydrogens (tertiary/aromatic N) is 1. The van der Waals surface area contributed by atoms with Crippen LogP contribution in [-0.4, -0.2) is 41.3 Å². The summed E-state index contributed by atoms with van der Waals surface area (Å²) in [5, 5.41) is 10.1. The van der Waals surface area contributed by atoms with Gasteiger partial charge in [-0.3, -0.25) is 4.90 Å². The van der Waals surface area contributed by atoms with Gasteiger partial charge in [0.1, 0.15) is 18.5 Å². The maximum absolute atomic E-state index is 10.1. The zero-order valence-corrected chi connectivity index (χ0v) is 14.0. The van der Waals surface area contributed by atoms with Crippen molar-refractivity contribution < 1.29 is 9.84 Å².